The molecule has 1 fully saturated rings. The first-order chi connectivity index (χ1) is 12.5. The molecule has 7 heteroatoms. The molecular formula is C19H21N3O4. The first-order valence-electron chi connectivity index (χ1n) is 8.20. The summed E-state index contributed by atoms with van der Waals surface area (Å²) in [6.07, 6.45) is 0.154. The minimum Gasteiger partial charge on any atom is -0.497 e. The van der Waals surface area contributed by atoms with Crippen LogP contribution in [0, 0.1) is 5.92 Å². The Hall–Kier alpha value is -3.22. The maximum absolute atomic E-state index is 12.6. The van der Waals surface area contributed by atoms with Gasteiger partial charge < -0.3 is 25.4 Å². The number of nitrogens with two attached hydrogens (primary N) is 1. The molecule has 3 rings (SSSR count). The Labute approximate surface area is 151 Å². The molecular weight excluding hydrogens is 334 g/mol. The quantitative estimate of drug-likeness (QED) is 0.803. The normalized spacial score (nSPS) is 16.5. The van der Waals surface area contributed by atoms with Gasteiger partial charge in [0.25, 0.3) is 0 Å². The number of carbonyl (C=O) groups excluding carboxylic acids is 2. The average molecular weight is 355 g/mol. The number of nitrogens with zero attached hydrogens (tertiary/aromatic N) is 1. The number of hydrogen-bond acceptors (Lipinski definition) is 5. The van der Waals surface area contributed by atoms with Crippen LogP contribution < -0.4 is 25.4 Å². The van der Waals surface area contributed by atoms with Crippen LogP contribution in [0.25, 0.3) is 0 Å². The minimum absolute atomic E-state index is 0.0890. The lowest BCUT2D eigenvalue weighted by Gasteiger charge is -2.17. The second-order valence-electron chi connectivity index (χ2n) is 6.05. The van der Waals surface area contributed by atoms with Crippen LogP contribution in [0.1, 0.15) is 6.42 Å². The molecule has 0 aromatic heterocycles. The number of nitrogen functional groups attached to an aromatic ring is 1. The van der Waals surface area contributed by atoms with Crippen LogP contribution in [0.2, 0.25) is 0 Å². The number of ether oxygens (including phenoxy) is 2. The maximum Gasteiger partial charge on any atom is 0.229 e. The van der Waals surface area contributed by atoms with Crippen molar-refractivity contribution in [3.8, 4) is 11.5 Å². The largest absolute Gasteiger partial charge is 0.497 e. The summed E-state index contributed by atoms with van der Waals surface area (Å²) in [6, 6.07) is 12.2. The Morgan fingerprint density at radius 3 is 2.42 bits per heavy atom. The molecule has 1 aliphatic rings. The fraction of sp³-hybridized carbons (Fsp3) is 0.263. The summed E-state index contributed by atoms with van der Waals surface area (Å²) in [6.45, 7) is 0.320. The highest BCUT2D eigenvalue weighted by Crippen LogP contribution is 2.29. The number of methoxy groups -OCH3 is 2. The van der Waals surface area contributed by atoms with Crippen LogP contribution in [0.5, 0.6) is 11.5 Å². The first-order valence-corrected chi connectivity index (χ1v) is 8.20. The molecule has 7 nitrogen and oxygen atoms in total. The molecule has 1 atom stereocenters. The number of hydrogen-bond donors (Lipinski definition) is 2. The zero-order valence-electron chi connectivity index (χ0n) is 14.7. The van der Waals surface area contributed by atoms with Gasteiger partial charge in [0.2, 0.25) is 11.8 Å². The maximum atomic E-state index is 12.6. The fourth-order valence-corrected chi connectivity index (χ4v) is 2.90. The van der Waals surface area contributed by atoms with Crippen LogP contribution in [0.15, 0.2) is 42.5 Å². The molecule has 0 radical (unpaired) electrons. The van der Waals surface area contributed by atoms with Gasteiger partial charge in [0.15, 0.2) is 0 Å². The van der Waals surface area contributed by atoms with E-state index in [9.17, 15) is 9.59 Å². The number of nitrogens with one attached hydrogen (secondary N) is 1. The van der Waals surface area contributed by atoms with E-state index in [1.165, 1.54) is 0 Å². The third kappa shape index (κ3) is 3.56. The van der Waals surface area contributed by atoms with E-state index in [0.29, 0.717) is 29.4 Å². The van der Waals surface area contributed by atoms with Crippen LogP contribution in [-0.2, 0) is 9.59 Å². The molecule has 3 N–H and O–H groups in total. The van der Waals surface area contributed by atoms with Gasteiger partial charge in [0, 0.05) is 24.7 Å². The first kappa shape index (κ1) is 17.6. The standard InChI is InChI=1S/C19H21N3O4/c1-25-14-5-3-13(4-6-14)22-11-12(9-18(22)23)19(24)21-17-10-15(26-2)7-8-16(17)20/h3-8,10,12H,9,11,20H2,1-2H3,(H,21,24). The Balaban J connectivity index is 1.70. The van der Waals surface area contributed by atoms with E-state index in [1.807, 2.05) is 0 Å². The van der Waals surface area contributed by atoms with Crippen molar-refractivity contribution >= 4 is 28.9 Å². The van der Waals surface area contributed by atoms with E-state index < -0.39 is 5.92 Å². The lowest BCUT2D eigenvalue weighted by Crippen LogP contribution is -2.28. The highest BCUT2D eigenvalue weighted by molar-refractivity contribution is 6.04. The molecule has 2 amide bonds. The van der Waals surface area contributed by atoms with Gasteiger partial charge in [0.05, 0.1) is 31.5 Å². The summed E-state index contributed by atoms with van der Waals surface area (Å²) in [5.41, 5.74) is 7.56. The van der Waals surface area contributed by atoms with Gasteiger partial charge in [-0.2, -0.15) is 0 Å². The smallest absolute Gasteiger partial charge is 0.229 e. The predicted molar refractivity (Wildman–Crippen MR) is 99.5 cm³/mol. The van der Waals surface area contributed by atoms with E-state index in [1.54, 1.807) is 61.6 Å². The molecule has 1 heterocycles. The Morgan fingerprint density at radius 2 is 1.77 bits per heavy atom. The molecule has 2 aromatic carbocycles. The molecule has 2 aromatic rings. The zero-order valence-corrected chi connectivity index (χ0v) is 14.7. The number of amides is 2. The third-order valence-corrected chi connectivity index (χ3v) is 4.40. The fourth-order valence-electron chi connectivity index (χ4n) is 2.90. The summed E-state index contributed by atoms with van der Waals surface area (Å²) >= 11 is 0. The Bertz CT molecular complexity index is 820. The van der Waals surface area contributed by atoms with Gasteiger partial charge in [-0.3, -0.25) is 9.59 Å². The van der Waals surface area contributed by atoms with E-state index >= 15 is 0 Å². The number of carbonyl (C=O) groups is 2. The van der Waals surface area contributed by atoms with Crippen LogP contribution in [0.4, 0.5) is 17.1 Å². The van der Waals surface area contributed by atoms with E-state index in [-0.39, 0.29) is 18.2 Å². The summed E-state index contributed by atoms with van der Waals surface area (Å²) in [5.74, 6) is 0.526. The summed E-state index contributed by atoms with van der Waals surface area (Å²) in [4.78, 5) is 26.5. The highest BCUT2D eigenvalue weighted by Gasteiger charge is 2.35. The monoisotopic (exact) mass is 355 g/mol. The molecule has 26 heavy (non-hydrogen) atoms. The van der Waals surface area contributed by atoms with Crippen molar-refractivity contribution in [1.29, 1.82) is 0 Å². The number of rotatable bonds is 5. The van der Waals surface area contributed by atoms with Crippen LogP contribution >= 0.6 is 0 Å². The topological polar surface area (TPSA) is 93.9 Å². The number of anilines is 3. The van der Waals surface area contributed by atoms with Gasteiger partial charge >= 0.3 is 0 Å². The summed E-state index contributed by atoms with van der Waals surface area (Å²) < 4.78 is 10.3. The second kappa shape index (κ2) is 7.35. The lowest BCUT2D eigenvalue weighted by atomic mass is 10.1. The van der Waals surface area contributed by atoms with Gasteiger partial charge in [-0.05, 0) is 36.4 Å². The summed E-state index contributed by atoms with van der Waals surface area (Å²) in [5, 5.41) is 2.79. The van der Waals surface area contributed by atoms with Crippen molar-refractivity contribution in [3.05, 3.63) is 42.5 Å². The van der Waals surface area contributed by atoms with Gasteiger partial charge in [0.1, 0.15) is 11.5 Å². The second-order valence-corrected chi connectivity index (χ2v) is 6.05. The Morgan fingerprint density at radius 1 is 1.12 bits per heavy atom. The van der Waals surface area contributed by atoms with Crippen molar-refractivity contribution in [2.45, 2.75) is 6.42 Å². The van der Waals surface area contributed by atoms with E-state index in [2.05, 4.69) is 5.32 Å². The molecule has 136 valence electrons. The van der Waals surface area contributed by atoms with E-state index in [0.717, 1.165) is 5.69 Å². The molecule has 0 aliphatic carbocycles. The van der Waals surface area contributed by atoms with Crippen LogP contribution in [0.3, 0.4) is 0 Å². The SMILES string of the molecule is COc1ccc(N2CC(C(=O)Nc3cc(OC)ccc3N)CC2=O)cc1. The number of benzene rings is 2. The van der Waals surface area contributed by atoms with Crippen molar-refractivity contribution in [2.24, 2.45) is 5.92 Å². The molecule has 0 saturated carbocycles. The molecule has 1 saturated heterocycles. The summed E-state index contributed by atoms with van der Waals surface area (Å²) in [7, 11) is 3.13. The zero-order chi connectivity index (χ0) is 18.7. The van der Waals surface area contributed by atoms with Crippen molar-refractivity contribution in [1.82, 2.24) is 0 Å². The minimum atomic E-state index is -0.449. The van der Waals surface area contributed by atoms with Crippen molar-refractivity contribution in [2.75, 3.05) is 36.7 Å². The molecule has 0 bridgehead atoms. The lowest BCUT2D eigenvalue weighted by molar-refractivity contribution is -0.122. The van der Waals surface area contributed by atoms with Gasteiger partial charge in [-0.15, -0.1) is 0 Å². The van der Waals surface area contributed by atoms with Crippen LogP contribution in [-0.4, -0.2) is 32.6 Å². The van der Waals surface area contributed by atoms with Crippen molar-refractivity contribution < 1.29 is 19.1 Å². The van der Waals surface area contributed by atoms with E-state index in [4.69, 9.17) is 15.2 Å². The third-order valence-electron chi connectivity index (χ3n) is 4.40. The Kier molecular flexibility index (Phi) is 4.97. The predicted octanol–water partition coefficient (Wildman–Crippen LogP) is 2.28. The van der Waals surface area contributed by atoms with Gasteiger partial charge in [-0.25, -0.2) is 0 Å². The highest BCUT2D eigenvalue weighted by atomic mass is 16.5. The average Bonchev–Trinajstić information content (AvgIpc) is 3.05. The van der Waals surface area contributed by atoms with Crippen molar-refractivity contribution in [3.63, 3.8) is 0 Å². The van der Waals surface area contributed by atoms with Gasteiger partial charge in [-0.1, -0.05) is 0 Å². The molecule has 1 aliphatic heterocycles. The molecule has 1 unspecified atom stereocenters. The molecule has 0 spiro atoms.